The molecule has 5 nitrogen and oxygen atoms in total. The van der Waals surface area contributed by atoms with Gasteiger partial charge in [-0.1, -0.05) is 29.8 Å². The molecular formula is C24H31ClN2O3S. The molecule has 7 heteroatoms. The van der Waals surface area contributed by atoms with Gasteiger partial charge in [-0.2, -0.15) is 0 Å². The molecule has 0 amide bonds. The molecule has 2 aromatic rings. The van der Waals surface area contributed by atoms with Crippen molar-refractivity contribution in [3.05, 3.63) is 64.2 Å². The minimum Gasteiger partial charge on any atom is -0.492 e. The van der Waals surface area contributed by atoms with Crippen molar-refractivity contribution in [2.24, 2.45) is 11.8 Å². The van der Waals surface area contributed by atoms with E-state index in [0.29, 0.717) is 30.9 Å². The zero-order chi connectivity index (χ0) is 21.8. The van der Waals surface area contributed by atoms with Crippen LogP contribution in [0.5, 0.6) is 5.75 Å². The second-order valence-electron chi connectivity index (χ2n) is 8.79. The van der Waals surface area contributed by atoms with Crippen LogP contribution in [0, 0.1) is 11.8 Å². The third-order valence-corrected chi connectivity index (χ3v) is 8.01. The van der Waals surface area contributed by atoms with Gasteiger partial charge in [0.1, 0.15) is 12.4 Å². The molecule has 0 spiro atoms. The maximum absolute atomic E-state index is 12.0. The lowest BCUT2D eigenvalue weighted by Crippen LogP contribution is -2.30. The molecule has 2 aliphatic carbocycles. The average Bonchev–Trinajstić information content (AvgIpc) is 3.47. The van der Waals surface area contributed by atoms with Gasteiger partial charge >= 0.3 is 0 Å². The van der Waals surface area contributed by atoms with Gasteiger partial charge in [-0.3, -0.25) is 0 Å². The van der Waals surface area contributed by atoms with Crippen LogP contribution >= 0.6 is 11.6 Å². The van der Waals surface area contributed by atoms with Gasteiger partial charge in [-0.15, -0.1) is 0 Å². The molecule has 1 saturated carbocycles. The number of benzene rings is 2. The first kappa shape index (κ1) is 22.6. The second kappa shape index (κ2) is 9.90. The molecule has 0 aromatic heterocycles. The summed E-state index contributed by atoms with van der Waals surface area (Å²) in [5.74, 6) is 2.28. The van der Waals surface area contributed by atoms with Crippen molar-refractivity contribution in [2.75, 3.05) is 32.5 Å². The highest BCUT2D eigenvalue weighted by Gasteiger charge is 2.32. The number of nitrogens with one attached hydrogen (secondary N) is 2. The van der Waals surface area contributed by atoms with Crippen molar-refractivity contribution in [3.8, 4) is 5.75 Å². The molecule has 2 unspecified atom stereocenters. The van der Waals surface area contributed by atoms with Crippen LogP contribution in [0.15, 0.2) is 42.5 Å². The number of hydrogen-bond donors (Lipinski definition) is 2. The first-order valence-corrected chi connectivity index (χ1v) is 13.1. The number of hydrogen-bond acceptors (Lipinski definition) is 4. The molecular weight excluding hydrogens is 432 g/mol. The number of ether oxygens (including phenoxy) is 1. The van der Waals surface area contributed by atoms with Gasteiger partial charge < -0.3 is 10.1 Å². The van der Waals surface area contributed by atoms with Gasteiger partial charge in [0.25, 0.3) is 0 Å². The average molecular weight is 463 g/mol. The Labute approximate surface area is 190 Å². The Kier molecular flexibility index (Phi) is 7.22. The van der Waals surface area contributed by atoms with E-state index in [2.05, 4.69) is 28.2 Å². The van der Waals surface area contributed by atoms with Crippen molar-refractivity contribution in [2.45, 2.75) is 31.6 Å². The summed E-state index contributed by atoms with van der Waals surface area (Å²) >= 11 is 6.21. The predicted octanol–water partition coefficient (Wildman–Crippen LogP) is 3.77. The molecule has 2 aliphatic rings. The summed E-state index contributed by atoms with van der Waals surface area (Å²) in [6.07, 6.45) is 4.03. The van der Waals surface area contributed by atoms with Gasteiger partial charge in [-0.05, 0) is 98.0 Å². The zero-order valence-corrected chi connectivity index (χ0v) is 19.5. The van der Waals surface area contributed by atoms with E-state index in [1.807, 2.05) is 31.3 Å². The van der Waals surface area contributed by atoms with Crippen LogP contribution in [0.25, 0.3) is 0 Å². The van der Waals surface area contributed by atoms with Crippen LogP contribution < -0.4 is 14.8 Å². The lowest BCUT2D eigenvalue weighted by molar-refractivity contribution is 0.322. The summed E-state index contributed by atoms with van der Waals surface area (Å²) in [5, 5.41) is 4.10. The predicted molar refractivity (Wildman–Crippen MR) is 125 cm³/mol. The highest BCUT2D eigenvalue weighted by molar-refractivity contribution is 7.89. The summed E-state index contributed by atoms with van der Waals surface area (Å²) in [6.45, 7) is 1.57. The molecule has 2 atom stereocenters. The fourth-order valence-electron chi connectivity index (χ4n) is 4.56. The third-order valence-electron chi connectivity index (χ3n) is 6.22. The molecule has 1 fully saturated rings. The van der Waals surface area contributed by atoms with Crippen LogP contribution in [0.4, 0.5) is 0 Å². The summed E-state index contributed by atoms with van der Waals surface area (Å²) < 4.78 is 32.5. The van der Waals surface area contributed by atoms with Crippen LogP contribution in [0.3, 0.4) is 0 Å². The second-order valence-corrected chi connectivity index (χ2v) is 11.1. The fraction of sp³-hybridized carbons (Fsp3) is 0.500. The van der Waals surface area contributed by atoms with E-state index in [1.165, 1.54) is 16.7 Å². The van der Waals surface area contributed by atoms with E-state index in [-0.39, 0.29) is 5.75 Å². The molecule has 31 heavy (non-hydrogen) atoms. The Bertz CT molecular complexity index is 1010. The largest absolute Gasteiger partial charge is 0.492 e. The van der Waals surface area contributed by atoms with Crippen LogP contribution in [-0.2, 0) is 22.9 Å². The van der Waals surface area contributed by atoms with Gasteiger partial charge in [0.05, 0.1) is 5.75 Å². The van der Waals surface area contributed by atoms with Crippen molar-refractivity contribution in [1.29, 1.82) is 0 Å². The lowest BCUT2D eigenvalue weighted by Gasteiger charge is -2.21. The monoisotopic (exact) mass is 462 g/mol. The van der Waals surface area contributed by atoms with Crippen molar-refractivity contribution >= 4 is 21.6 Å². The number of halogens is 1. The first-order valence-electron chi connectivity index (χ1n) is 11.1. The molecule has 0 heterocycles. The van der Waals surface area contributed by atoms with Gasteiger partial charge in [0.2, 0.25) is 10.0 Å². The Hall–Kier alpha value is -1.60. The lowest BCUT2D eigenvalue weighted by atomic mass is 9.86. The fourth-order valence-corrected chi connectivity index (χ4v) is 6.24. The number of fused-ring (bicyclic) bond motifs is 1. The molecule has 0 saturated heterocycles. The van der Waals surface area contributed by atoms with Crippen molar-refractivity contribution < 1.29 is 13.2 Å². The molecule has 0 radical (unpaired) electrons. The molecule has 0 aliphatic heterocycles. The van der Waals surface area contributed by atoms with Crippen LogP contribution in [0.2, 0.25) is 5.02 Å². The summed E-state index contributed by atoms with van der Waals surface area (Å²) in [6, 6.07) is 14.4. The van der Waals surface area contributed by atoms with Crippen LogP contribution in [-0.4, -0.2) is 40.9 Å². The van der Waals surface area contributed by atoms with Gasteiger partial charge in [0, 0.05) is 11.6 Å². The van der Waals surface area contributed by atoms with E-state index in [4.69, 9.17) is 16.3 Å². The Balaban J connectivity index is 1.40. The van der Waals surface area contributed by atoms with Crippen molar-refractivity contribution in [1.82, 2.24) is 10.0 Å². The van der Waals surface area contributed by atoms with E-state index >= 15 is 0 Å². The number of rotatable bonds is 11. The maximum Gasteiger partial charge on any atom is 0.211 e. The molecule has 2 aromatic carbocycles. The molecule has 4 rings (SSSR count). The Morgan fingerprint density at radius 2 is 2.00 bits per heavy atom. The van der Waals surface area contributed by atoms with Crippen LogP contribution in [0.1, 0.15) is 35.4 Å². The summed E-state index contributed by atoms with van der Waals surface area (Å²) in [4.78, 5) is 0. The highest BCUT2D eigenvalue weighted by Crippen LogP contribution is 2.41. The quantitative estimate of drug-likeness (QED) is 0.499. The van der Waals surface area contributed by atoms with E-state index < -0.39 is 10.0 Å². The maximum atomic E-state index is 12.0. The van der Waals surface area contributed by atoms with E-state index in [1.54, 1.807) is 0 Å². The molecule has 0 bridgehead atoms. The third kappa shape index (κ3) is 6.22. The SMILES string of the molecule is CNCC1Cc2ccc(OCCNS(=O)(=O)CC3CC3)cc2C1Cc1cccc(Cl)c1. The van der Waals surface area contributed by atoms with E-state index in [9.17, 15) is 8.42 Å². The minimum absolute atomic E-state index is 0.240. The number of sulfonamides is 1. The Morgan fingerprint density at radius 3 is 2.74 bits per heavy atom. The smallest absolute Gasteiger partial charge is 0.211 e. The van der Waals surface area contributed by atoms with E-state index in [0.717, 1.165) is 43.0 Å². The summed E-state index contributed by atoms with van der Waals surface area (Å²) in [7, 11) is -1.19. The molecule has 2 N–H and O–H groups in total. The highest BCUT2D eigenvalue weighted by atomic mass is 35.5. The molecule has 168 valence electrons. The van der Waals surface area contributed by atoms with Gasteiger partial charge in [-0.25, -0.2) is 13.1 Å². The summed E-state index contributed by atoms with van der Waals surface area (Å²) in [5.41, 5.74) is 3.93. The normalized spacial score (nSPS) is 20.6. The standard InChI is InChI=1S/C24H31ClN2O3S/c1-26-15-20-13-19-7-8-22(30-10-9-27-31(28,29)16-17-5-6-17)14-24(19)23(20)12-18-3-2-4-21(25)11-18/h2-4,7-8,11,14,17,20,23,26-27H,5-6,9-10,12-13,15-16H2,1H3. The Morgan fingerprint density at radius 1 is 1.16 bits per heavy atom. The zero-order valence-electron chi connectivity index (χ0n) is 17.9. The minimum atomic E-state index is -3.19. The van der Waals surface area contributed by atoms with Gasteiger partial charge in [0.15, 0.2) is 0 Å². The van der Waals surface area contributed by atoms with Crippen molar-refractivity contribution in [3.63, 3.8) is 0 Å². The topological polar surface area (TPSA) is 67.4 Å². The first-order chi connectivity index (χ1) is 14.9.